The summed E-state index contributed by atoms with van der Waals surface area (Å²) in [7, 11) is -3.86. The molecule has 39 heavy (non-hydrogen) atoms. The van der Waals surface area contributed by atoms with Crippen LogP contribution in [0.3, 0.4) is 0 Å². The summed E-state index contributed by atoms with van der Waals surface area (Å²) >= 11 is 0. The highest BCUT2D eigenvalue weighted by Crippen LogP contribution is 2.33. The number of aliphatic hydroxyl groups is 1. The van der Waals surface area contributed by atoms with E-state index in [9.17, 15) is 27.9 Å². The maximum absolute atomic E-state index is 13.9. The van der Waals surface area contributed by atoms with Crippen LogP contribution in [0.15, 0.2) is 60.7 Å². The third-order valence-electron chi connectivity index (χ3n) is 6.95. The maximum Gasteiger partial charge on any atom is 0.225 e. The highest BCUT2D eigenvalue weighted by atomic mass is 32.2. The van der Waals surface area contributed by atoms with E-state index in [2.05, 4.69) is 5.32 Å². The van der Waals surface area contributed by atoms with E-state index in [0.717, 1.165) is 12.7 Å². The lowest BCUT2D eigenvalue weighted by Gasteiger charge is -2.32. The van der Waals surface area contributed by atoms with Gasteiger partial charge in [-0.2, -0.15) is 0 Å². The SMILES string of the molecule is CCCCC(NC(=O)C(CC(=O)N1CCOCC1)C(c1ccccc1)S(C)(=O)=O)C(O)C(=O)c1ccccc1. The van der Waals surface area contributed by atoms with Crippen LogP contribution in [-0.4, -0.2) is 80.7 Å². The number of hydrogen-bond donors (Lipinski definition) is 2. The lowest BCUT2D eigenvalue weighted by Crippen LogP contribution is -2.51. The fourth-order valence-electron chi connectivity index (χ4n) is 4.87. The Labute approximate surface area is 230 Å². The minimum absolute atomic E-state index is 0.304. The number of Topliss-reactive ketones (excluding diaryl/α,β-unsaturated/α-hetero) is 1. The molecule has 1 aliphatic heterocycles. The number of nitrogens with one attached hydrogen (secondary N) is 1. The van der Waals surface area contributed by atoms with E-state index >= 15 is 0 Å². The number of carbonyl (C=O) groups is 3. The van der Waals surface area contributed by atoms with Crippen LogP contribution in [0, 0.1) is 5.92 Å². The molecule has 1 fully saturated rings. The van der Waals surface area contributed by atoms with Gasteiger partial charge in [0.1, 0.15) is 6.10 Å². The number of morpholine rings is 1. The van der Waals surface area contributed by atoms with E-state index in [1.165, 1.54) is 0 Å². The standard InChI is InChI=1S/C29H38N2O7S/c1-3-4-15-24(27(34)26(33)21-11-7-5-8-12-21)30-29(35)23(20-25(32)31-16-18-38-19-17-31)28(39(2,36)37)22-13-9-6-10-14-22/h5-14,23-24,27-28,34H,3-4,15-20H2,1-2H3,(H,30,35). The van der Waals surface area contributed by atoms with Crippen molar-refractivity contribution in [2.24, 2.45) is 5.92 Å². The van der Waals surface area contributed by atoms with Gasteiger partial charge in [0, 0.05) is 31.3 Å². The molecule has 4 atom stereocenters. The second-order valence-electron chi connectivity index (χ2n) is 9.90. The first kappa shape index (κ1) is 30.5. The molecule has 0 aromatic heterocycles. The van der Waals surface area contributed by atoms with Gasteiger partial charge >= 0.3 is 0 Å². The van der Waals surface area contributed by atoms with Crippen molar-refractivity contribution in [1.29, 1.82) is 0 Å². The predicted molar refractivity (Wildman–Crippen MR) is 148 cm³/mol. The van der Waals surface area contributed by atoms with Crippen LogP contribution < -0.4 is 5.32 Å². The minimum Gasteiger partial charge on any atom is -0.383 e. The van der Waals surface area contributed by atoms with Gasteiger partial charge in [-0.1, -0.05) is 80.4 Å². The van der Waals surface area contributed by atoms with E-state index in [1.807, 2.05) is 6.92 Å². The van der Waals surface area contributed by atoms with E-state index in [1.54, 1.807) is 65.6 Å². The number of hydrogen-bond acceptors (Lipinski definition) is 7. The highest BCUT2D eigenvalue weighted by molar-refractivity contribution is 7.91. The van der Waals surface area contributed by atoms with Crippen LogP contribution in [0.25, 0.3) is 0 Å². The van der Waals surface area contributed by atoms with Gasteiger partial charge in [-0.05, 0) is 12.0 Å². The Morgan fingerprint density at radius 3 is 2.15 bits per heavy atom. The molecular weight excluding hydrogens is 520 g/mol. The zero-order valence-corrected chi connectivity index (χ0v) is 23.3. The molecule has 0 spiro atoms. The number of sulfone groups is 1. The summed E-state index contributed by atoms with van der Waals surface area (Å²) in [6.07, 6.45) is 0.852. The van der Waals surface area contributed by atoms with Crippen molar-refractivity contribution in [2.45, 2.75) is 50.0 Å². The van der Waals surface area contributed by atoms with Gasteiger partial charge in [0.15, 0.2) is 15.6 Å². The van der Waals surface area contributed by atoms with Gasteiger partial charge in [0.25, 0.3) is 0 Å². The summed E-state index contributed by atoms with van der Waals surface area (Å²) in [5, 5.41) is 12.5. The van der Waals surface area contributed by atoms with Crippen LogP contribution in [0.5, 0.6) is 0 Å². The average molecular weight is 559 g/mol. The van der Waals surface area contributed by atoms with Crippen molar-refractivity contribution in [1.82, 2.24) is 10.2 Å². The Balaban J connectivity index is 1.94. The van der Waals surface area contributed by atoms with Gasteiger partial charge in [-0.3, -0.25) is 14.4 Å². The number of ether oxygens (including phenoxy) is 1. The second-order valence-corrected chi connectivity index (χ2v) is 12.1. The molecule has 10 heteroatoms. The Bertz CT molecular complexity index is 1200. The zero-order valence-electron chi connectivity index (χ0n) is 22.5. The molecule has 4 unspecified atom stereocenters. The zero-order chi connectivity index (χ0) is 28.4. The van der Waals surface area contributed by atoms with Crippen molar-refractivity contribution in [3.63, 3.8) is 0 Å². The average Bonchev–Trinajstić information content (AvgIpc) is 2.94. The Morgan fingerprint density at radius 2 is 1.59 bits per heavy atom. The molecule has 0 radical (unpaired) electrons. The van der Waals surface area contributed by atoms with Crippen molar-refractivity contribution in [2.75, 3.05) is 32.6 Å². The summed E-state index contributed by atoms with van der Waals surface area (Å²) in [4.78, 5) is 41.7. The number of amides is 2. The highest BCUT2D eigenvalue weighted by Gasteiger charge is 2.41. The predicted octanol–water partition coefficient (Wildman–Crippen LogP) is 2.56. The first-order valence-corrected chi connectivity index (χ1v) is 15.3. The Hall–Kier alpha value is -3.08. The fraction of sp³-hybridized carbons (Fsp3) is 0.483. The molecule has 2 amide bonds. The fourth-order valence-corrected chi connectivity index (χ4v) is 6.33. The van der Waals surface area contributed by atoms with Crippen LogP contribution >= 0.6 is 0 Å². The number of rotatable bonds is 13. The molecule has 0 bridgehead atoms. The van der Waals surface area contributed by atoms with Crippen molar-refractivity contribution >= 4 is 27.4 Å². The monoisotopic (exact) mass is 558 g/mol. The number of aliphatic hydroxyl groups excluding tert-OH is 1. The molecule has 2 aromatic rings. The number of carbonyl (C=O) groups excluding carboxylic acids is 3. The molecule has 1 heterocycles. The second kappa shape index (κ2) is 14.3. The van der Waals surface area contributed by atoms with Gasteiger partial charge in [-0.25, -0.2) is 8.42 Å². The summed E-state index contributed by atoms with van der Waals surface area (Å²) < 4.78 is 31.5. The molecule has 2 aromatic carbocycles. The summed E-state index contributed by atoms with van der Waals surface area (Å²) in [5.41, 5.74) is 0.694. The van der Waals surface area contributed by atoms with Crippen LogP contribution in [0.1, 0.15) is 53.8 Å². The summed E-state index contributed by atoms with van der Waals surface area (Å²) in [5.74, 6) is -2.87. The molecular formula is C29H38N2O7S. The molecule has 0 saturated carbocycles. The van der Waals surface area contributed by atoms with Gasteiger partial charge < -0.3 is 20.1 Å². The molecule has 1 aliphatic rings. The lowest BCUT2D eigenvalue weighted by atomic mass is 9.91. The summed E-state index contributed by atoms with van der Waals surface area (Å²) in [6, 6.07) is 15.7. The van der Waals surface area contributed by atoms with E-state index < -0.39 is 44.8 Å². The van der Waals surface area contributed by atoms with Crippen molar-refractivity contribution in [3.8, 4) is 0 Å². The van der Waals surface area contributed by atoms with E-state index in [-0.39, 0.29) is 12.3 Å². The number of unbranched alkanes of at least 4 members (excludes halogenated alkanes) is 1. The van der Waals surface area contributed by atoms with Crippen LogP contribution in [0.4, 0.5) is 0 Å². The van der Waals surface area contributed by atoms with Gasteiger partial charge in [0.2, 0.25) is 11.8 Å². The summed E-state index contributed by atoms with van der Waals surface area (Å²) in [6.45, 7) is 3.38. The van der Waals surface area contributed by atoms with Crippen molar-refractivity contribution in [3.05, 3.63) is 71.8 Å². The normalized spacial score (nSPS) is 17.1. The number of ketones is 1. The molecule has 212 valence electrons. The third kappa shape index (κ3) is 8.45. The third-order valence-corrected chi connectivity index (χ3v) is 8.48. The molecule has 3 rings (SSSR count). The van der Waals surface area contributed by atoms with Gasteiger partial charge in [0.05, 0.1) is 30.4 Å². The number of nitrogens with zero attached hydrogens (tertiary/aromatic N) is 1. The molecule has 9 nitrogen and oxygen atoms in total. The van der Waals surface area contributed by atoms with Gasteiger partial charge in [-0.15, -0.1) is 0 Å². The number of benzene rings is 2. The lowest BCUT2D eigenvalue weighted by molar-refractivity contribution is -0.139. The Morgan fingerprint density at radius 1 is 1.00 bits per heavy atom. The first-order valence-electron chi connectivity index (χ1n) is 13.3. The minimum atomic E-state index is -3.86. The maximum atomic E-state index is 13.9. The van der Waals surface area contributed by atoms with Crippen LogP contribution in [0.2, 0.25) is 0 Å². The topological polar surface area (TPSA) is 130 Å². The molecule has 0 aliphatic carbocycles. The quantitative estimate of drug-likeness (QED) is 0.362. The largest absolute Gasteiger partial charge is 0.383 e. The first-order chi connectivity index (χ1) is 18.6. The smallest absolute Gasteiger partial charge is 0.225 e. The molecule has 2 N–H and O–H groups in total. The van der Waals surface area contributed by atoms with E-state index in [0.29, 0.717) is 50.3 Å². The van der Waals surface area contributed by atoms with E-state index in [4.69, 9.17) is 4.74 Å². The molecule has 1 saturated heterocycles. The van der Waals surface area contributed by atoms with Crippen LogP contribution in [-0.2, 0) is 24.2 Å². The van der Waals surface area contributed by atoms with Crippen molar-refractivity contribution < 1.29 is 32.6 Å². The Kier molecular flexibility index (Phi) is 11.2.